The molecule has 17 heteroatoms. The highest BCUT2D eigenvalue weighted by atomic mass is 32.1. The van der Waals surface area contributed by atoms with Gasteiger partial charge in [-0.05, 0) is 43.9 Å². The molecule has 1 aromatic heterocycles. The maximum absolute atomic E-state index is 14.0. The fourth-order valence-corrected chi connectivity index (χ4v) is 5.43. The number of guanidine groups is 1. The normalized spacial score (nSPS) is 14.3. The van der Waals surface area contributed by atoms with Crippen LogP contribution < -0.4 is 38.5 Å². The number of thiol groups is 1. The van der Waals surface area contributed by atoms with E-state index in [1.165, 1.54) is 13.8 Å². The minimum absolute atomic E-state index is 0.0133. The molecule has 0 aliphatic rings. The highest BCUT2D eigenvalue weighted by Gasteiger charge is 2.37. The van der Waals surface area contributed by atoms with Crippen molar-refractivity contribution in [3.05, 3.63) is 71.9 Å². The van der Waals surface area contributed by atoms with Crippen molar-refractivity contribution in [3.63, 3.8) is 0 Å². The number of aliphatic hydroxyl groups is 1. The summed E-state index contributed by atoms with van der Waals surface area (Å²) in [4.78, 5) is 73.4. The Kier molecular flexibility index (Phi) is 14.8. The summed E-state index contributed by atoms with van der Waals surface area (Å²) in [6.45, 7) is 2.52. The zero-order valence-corrected chi connectivity index (χ0v) is 29.4. The minimum atomic E-state index is -1.42. The number of nitrogens with one attached hydrogen (secondary N) is 5. The van der Waals surface area contributed by atoms with E-state index in [0.29, 0.717) is 11.1 Å². The lowest BCUT2D eigenvalue weighted by atomic mass is 10.00. The van der Waals surface area contributed by atoms with Gasteiger partial charge < -0.3 is 53.7 Å². The Morgan fingerprint density at radius 1 is 0.843 bits per heavy atom. The van der Waals surface area contributed by atoms with Crippen LogP contribution in [0.4, 0.5) is 0 Å². The molecule has 0 aliphatic carbocycles. The van der Waals surface area contributed by atoms with Crippen LogP contribution in [-0.4, -0.2) is 98.9 Å². The van der Waals surface area contributed by atoms with E-state index in [2.05, 4.69) is 43.9 Å². The van der Waals surface area contributed by atoms with Gasteiger partial charge >= 0.3 is 5.97 Å². The number of aliphatic carboxylic acids is 1. The number of carboxylic acid groups (broad SMARTS) is 1. The number of benzene rings is 2. The summed E-state index contributed by atoms with van der Waals surface area (Å²) in [5, 5.41) is 30.5. The fraction of sp³-hybridized carbons (Fsp3) is 0.412. The van der Waals surface area contributed by atoms with Crippen LogP contribution in [0, 0.1) is 0 Å². The Morgan fingerprint density at radius 2 is 1.41 bits per heavy atom. The average molecular weight is 726 g/mol. The van der Waals surface area contributed by atoms with Crippen LogP contribution in [0.2, 0.25) is 0 Å². The summed E-state index contributed by atoms with van der Waals surface area (Å²) in [6, 6.07) is 9.66. The molecule has 0 saturated heterocycles. The van der Waals surface area contributed by atoms with E-state index in [0.717, 1.165) is 10.9 Å². The zero-order valence-electron chi connectivity index (χ0n) is 28.5. The number of nitrogens with two attached hydrogens (primary N) is 3. The predicted octanol–water partition coefficient (Wildman–Crippen LogP) is -0.941. The molecule has 0 bridgehead atoms. The largest absolute Gasteiger partial charge is 0.480 e. The molecule has 5 atom stereocenters. The van der Waals surface area contributed by atoms with Crippen molar-refractivity contribution in [3.8, 4) is 0 Å². The Bertz CT molecular complexity index is 1690. The number of nitrogens with zero attached hydrogens (tertiary/aromatic N) is 1. The molecule has 3 aromatic rings. The van der Waals surface area contributed by atoms with Gasteiger partial charge in [-0.25, -0.2) is 4.79 Å². The predicted molar refractivity (Wildman–Crippen MR) is 196 cm³/mol. The van der Waals surface area contributed by atoms with E-state index < -0.39 is 71.2 Å². The van der Waals surface area contributed by atoms with E-state index >= 15 is 0 Å². The Labute approximate surface area is 300 Å². The third kappa shape index (κ3) is 12.3. The van der Waals surface area contributed by atoms with Gasteiger partial charge in [0.2, 0.25) is 23.6 Å². The van der Waals surface area contributed by atoms with Crippen LogP contribution in [0.5, 0.6) is 0 Å². The summed E-state index contributed by atoms with van der Waals surface area (Å²) in [5.74, 6) is -4.56. The number of carbonyl (C=O) groups is 5. The lowest BCUT2D eigenvalue weighted by Crippen LogP contribution is -2.60. The number of aromatic nitrogens is 1. The number of aliphatic hydroxyl groups excluding tert-OH is 1. The first-order valence-electron chi connectivity index (χ1n) is 16.3. The van der Waals surface area contributed by atoms with Gasteiger partial charge in [0.1, 0.15) is 30.2 Å². The first-order chi connectivity index (χ1) is 24.1. The molecule has 2 aromatic carbocycles. The van der Waals surface area contributed by atoms with E-state index in [9.17, 15) is 34.2 Å². The molecule has 1 heterocycles. The van der Waals surface area contributed by atoms with E-state index in [-0.39, 0.29) is 38.2 Å². The third-order valence-corrected chi connectivity index (χ3v) is 8.26. The van der Waals surface area contributed by atoms with Gasteiger partial charge in [-0.3, -0.25) is 24.2 Å². The van der Waals surface area contributed by atoms with Crippen molar-refractivity contribution in [1.29, 1.82) is 0 Å². The average Bonchev–Trinajstić information content (AvgIpc) is 3.49. The summed E-state index contributed by atoms with van der Waals surface area (Å²) in [5.41, 5.74) is 18.8. The number of rotatable bonds is 19. The van der Waals surface area contributed by atoms with E-state index in [1.54, 1.807) is 36.5 Å². The van der Waals surface area contributed by atoms with E-state index in [4.69, 9.17) is 17.2 Å². The van der Waals surface area contributed by atoms with Crippen molar-refractivity contribution in [2.45, 2.75) is 74.5 Å². The molecular weight excluding hydrogens is 678 g/mol. The number of hydrogen-bond acceptors (Lipinski definition) is 9. The standard InChI is InChI=1S/C34H47N9O7S/c1-34(2,51)27(32(49)50)43-31(48)26(16-20-17-39-23-12-7-6-11-21(20)23)42-29(46)24(13-8-14-38-33(36)37)40-30(47)25(41-28(45)22(35)18-44)15-19-9-4-3-5-10-19/h3-7,9-12,17,22,24-27,39,44,51H,8,13-16,18,35H2,1-2H3,(H,40,47)(H,41,45)(H,42,46)(H,43,48)(H,49,50)(H4,36,37,38)/t22-,24-,25+,26-,27+/m0/s1. The Hall–Kier alpha value is -5.13. The minimum Gasteiger partial charge on any atom is -0.480 e. The van der Waals surface area contributed by atoms with Gasteiger partial charge in [-0.15, -0.1) is 0 Å². The molecule has 0 aliphatic heterocycles. The quantitative estimate of drug-likeness (QED) is 0.0312. The van der Waals surface area contributed by atoms with Crippen molar-refractivity contribution < 1.29 is 34.2 Å². The molecule has 0 radical (unpaired) electrons. The maximum atomic E-state index is 14.0. The summed E-state index contributed by atoms with van der Waals surface area (Å²) < 4.78 is -1.17. The number of fused-ring (bicyclic) bond motifs is 1. The van der Waals surface area contributed by atoms with Crippen LogP contribution >= 0.6 is 12.6 Å². The van der Waals surface area contributed by atoms with Gasteiger partial charge in [0.05, 0.1) is 6.61 Å². The molecule has 16 nitrogen and oxygen atoms in total. The van der Waals surface area contributed by atoms with Crippen molar-refractivity contribution >= 4 is 59.1 Å². The number of amides is 4. The SMILES string of the molecule is CC(C)(S)[C@H](NC(=O)[C@H](Cc1c[nH]c2ccccc12)NC(=O)[C@H](CCCN=C(N)N)NC(=O)[C@@H](Cc1ccccc1)NC(=O)[C@@H](N)CO)C(=O)O. The van der Waals surface area contributed by atoms with E-state index in [1.807, 2.05) is 24.3 Å². The number of aliphatic imine (C=N–C) groups is 1. The number of H-pyrrole nitrogens is 1. The smallest absolute Gasteiger partial charge is 0.327 e. The molecule has 0 spiro atoms. The molecule has 0 fully saturated rings. The van der Waals surface area contributed by atoms with Gasteiger partial charge in [0.25, 0.3) is 0 Å². The van der Waals surface area contributed by atoms with Crippen LogP contribution in [-0.2, 0) is 36.8 Å². The number of carbonyl (C=O) groups excluding carboxylic acids is 4. The molecule has 51 heavy (non-hydrogen) atoms. The van der Waals surface area contributed by atoms with Crippen LogP contribution in [0.3, 0.4) is 0 Å². The van der Waals surface area contributed by atoms with Gasteiger partial charge in [0, 0.05) is 41.2 Å². The molecule has 4 amide bonds. The second-order valence-corrected chi connectivity index (χ2v) is 13.8. The summed E-state index contributed by atoms with van der Waals surface area (Å²) in [6.07, 6.45) is 1.92. The fourth-order valence-electron chi connectivity index (χ4n) is 5.25. The van der Waals surface area contributed by atoms with Crippen LogP contribution in [0.1, 0.15) is 37.8 Å². The third-order valence-electron chi connectivity index (χ3n) is 8.00. The first kappa shape index (κ1) is 40.3. The van der Waals surface area contributed by atoms with Crippen molar-refractivity contribution in [2.75, 3.05) is 13.2 Å². The topological polar surface area (TPSA) is 280 Å². The highest BCUT2D eigenvalue weighted by Crippen LogP contribution is 2.21. The molecule has 3 rings (SSSR count). The second-order valence-electron chi connectivity index (χ2n) is 12.6. The van der Waals surface area contributed by atoms with Crippen molar-refractivity contribution in [2.24, 2.45) is 22.2 Å². The maximum Gasteiger partial charge on any atom is 0.327 e. The molecule has 0 unspecified atom stereocenters. The monoisotopic (exact) mass is 725 g/mol. The second kappa shape index (κ2) is 18.7. The summed E-state index contributed by atoms with van der Waals surface area (Å²) >= 11 is 4.35. The molecule has 13 N–H and O–H groups in total. The van der Waals surface area contributed by atoms with Gasteiger partial charge in [-0.2, -0.15) is 12.6 Å². The Morgan fingerprint density at radius 3 is 2.04 bits per heavy atom. The lowest BCUT2D eigenvalue weighted by Gasteiger charge is -2.30. The number of carboxylic acids is 1. The Balaban J connectivity index is 1.94. The van der Waals surface area contributed by atoms with Crippen LogP contribution in [0.15, 0.2) is 65.8 Å². The first-order valence-corrected chi connectivity index (χ1v) is 16.7. The van der Waals surface area contributed by atoms with Gasteiger partial charge in [0.15, 0.2) is 5.96 Å². The number of para-hydroxylation sites is 1. The molecule has 0 saturated carbocycles. The molecule has 276 valence electrons. The lowest BCUT2D eigenvalue weighted by molar-refractivity contribution is -0.143. The number of aromatic amines is 1. The number of hydrogen-bond donors (Lipinski definition) is 11. The zero-order chi connectivity index (χ0) is 37.7. The molecular formula is C34H47N9O7S. The highest BCUT2D eigenvalue weighted by molar-refractivity contribution is 7.81. The van der Waals surface area contributed by atoms with Crippen LogP contribution in [0.25, 0.3) is 10.9 Å². The van der Waals surface area contributed by atoms with Crippen molar-refractivity contribution in [1.82, 2.24) is 26.3 Å². The van der Waals surface area contributed by atoms with Gasteiger partial charge in [-0.1, -0.05) is 48.5 Å². The summed E-state index contributed by atoms with van der Waals surface area (Å²) in [7, 11) is 0.